The summed E-state index contributed by atoms with van der Waals surface area (Å²) in [5.41, 5.74) is 9.15. The number of anilines is 1. The van der Waals surface area contributed by atoms with Crippen LogP contribution in [0.1, 0.15) is 55.4 Å². The highest BCUT2D eigenvalue weighted by Crippen LogP contribution is 2.29. The lowest BCUT2D eigenvalue weighted by Gasteiger charge is -2.13. The molecule has 2 N–H and O–H groups in total. The Balaban J connectivity index is 2.12. The molecule has 0 unspecified atom stereocenters. The Bertz CT molecular complexity index is 932. The van der Waals surface area contributed by atoms with Crippen molar-refractivity contribution in [3.05, 3.63) is 41.2 Å². The first-order valence-corrected chi connectivity index (χ1v) is 9.25. The lowest BCUT2D eigenvalue weighted by Crippen LogP contribution is -2.11. The molecule has 7 heteroatoms. The molecule has 1 aromatic carbocycles. The molecule has 0 atom stereocenters. The van der Waals surface area contributed by atoms with Gasteiger partial charge in [0.15, 0.2) is 5.82 Å². The summed E-state index contributed by atoms with van der Waals surface area (Å²) in [6.45, 7) is 6.63. The number of benzene rings is 1. The van der Waals surface area contributed by atoms with Crippen LogP contribution in [-0.2, 0) is 13.0 Å². The summed E-state index contributed by atoms with van der Waals surface area (Å²) in [5.74, 6) is 1.67. The molecule has 0 aliphatic heterocycles. The number of unbranched alkanes of at least 4 members (excludes halogenated alkanes) is 1. The number of hydrogen-bond donors (Lipinski definition) is 1. The van der Waals surface area contributed by atoms with Gasteiger partial charge in [-0.3, -0.25) is 4.79 Å². The molecule has 142 valence electrons. The first kappa shape index (κ1) is 18.8. The van der Waals surface area contributed by atoms with Gasteiger partial charge in [-0.05, 0) is 25.8 Å². The van der Waals surface area contributed by atoms with E-state index in [2.05, 4.69) is 21.7 Å². The molecule has 3 aromatic rings. The minimum atomic E-state index is -0.0413. The van der Waals surface area contributed by atoms with Crippen LogP contribution in [0.2, 0.25) is 0 Å². The normalized spacial score (nSPS) is 11.3. The average molecular weight is 367 g/mol. The zero-order valence-electron chi connectivity index (χ0n) is 16.0. The van der Waals surface area contributed by atoms with Gasteiger partial charge in [-0.1, -0.05) is 37.6 Å². The highest BCUT2D eigenvalue weighted by molar-refractivity contribution is 5.88. The van der Waals surface area contributed by atoms with Crippen molar-refractivity contribution in [2.45, 2.75) is 52.7 Å². The molecule has 0 saturated carbocycles. The number of imidazole rings is 1. The predicted molar refractivity (Wildman–Crippen MR) is 105 cm³/mol. The Hall–Kier alpha value is -2.96. The Kier molecular flexibility index (Phi) is 5.69. The Labute approximate surface area is 158 Å². The Morgan fingerprint density at radius 2 is 1.96 bits per heavy atom. The van der Waals surface area contributed by atoms with Gasteiger partial charge < -0.3 is 15.0 Å². The second-order valence-corrected chi connectivity index (χ2v) is 6.83. The van der Waals surface area contributed by atoms with Crippen LogP contribution in [0, 0.1) is 0 Å². The molecule has 3 rings (SSSR count). The second-order valence-electron chi connectivity index (χ2n) is 6.83. The molecule has 0 aliphatic rings. The van der Waals surface area contributed by atoms with E-state index in [0.717, 1.165) is 42.5 Å². The SMILES string of the molecule is CCCCc1nc2c(N)nnc(OC(C)C)c2n1Cc1ccc(C=O)cc1. The van der Waals surface area contributed by atoms with Crippen LogP contribution in [0.15, 0.2) is 24.3 Å². The van der Waals surface area contributed by atoms with Crippen LogP contribution >= 0.6 is 0 Å². The van der Waals surface area contributed by atoms with Crippen LogP contribution in [0.5, 0.6) is 5.88 Å². The van der Waals surface area contributed by atoms with Gasteiger partial charge in [0, 0.05) is 18.5 Å². The maximum absolute atomic E-state index is 10.9. The monoisotopic (exact) mass is 367 g/mol. The van der Waals surface area contributed by atoms with Gasteiger partial charge in [-0.15, -0.1) is 10.2 Å². The third kappa shape index (κ3) is 4.07. The number of ether oxygens (including phenoxy) is 1. The summed E-state index contributed by atoms with van der Waals surface area (Å²) in [6, 6.07) is 7.51. The number of nitrogens with zero attached hydrogens (tertiary/aromatic N) is 4. The molecule has 27 heavy (non-hydrogen) atoms. The number of aryl methyl sites for hydroxylation is 1. The highest BCUT2D eigenvalue weighted by atomic mass is 16.5. The van der Waals surface area contributed by atoms with Gasteiger partial charge in [-0.2, -0.15) is 0 Å². The van der Waals surface area contributed by atoms with Crippen LogP contribution in [0.3, 0.4) is 0 Å². The first-order valence-electron chi connectivity index (χ1n) is 9.25. The van der Waals surface area contributed by atoms with E-state index in [1.54, 1.807) is 0 Å². The number of aromatic nitrogens is 4. The van der Waals surface area contributed by atoms with E-state index in [4.69, 9.17) is 15.5 Å². The molecule has 0 spiro atoms. The van der Waals surface area contributed by atoms with E-state index < -0.39 is 0 Å². The van der Waals surface area contributed by atoms with E-state index in [9.17, 15) is 4.79 Å². The van der Waals surface area contributed by atoms with Crippen molar-refractivity contribution in [2.24, 2.45) is 0 Å². The van der Waals surface area contributed by atoms with Gasteiger partial charge in [0.2, 0.25) is 0 Å². The quantitative estimate of drug-likeness (QED) is 0.613. The second kappa shape index (κ2) is 8.16. The molecule has 7 nitrogen and oxygen atoms in total. The molecular formula is C20H25N5O2. The molecule has 0 aliphatic carbocycles. The largest absolute Gasteiger partial charge is 0.472 e. The standard InChI is InChI=1S/C20H25N5O2/c1-4-5-6-16-22-17-18(20(27-13(2)3)24-23-19(17)21)25(16)11-14-7-9-15(12-26)10-8-14/h7-10,12-13H,4-6,11H2,1-3H3,(H2,21,23). The molecule has 0 fully saturated rings. The summed E-state index contributed by atoms with van der Waals surface area (Å²) in [7, 11) is 0. The van der Waals surface area contributed by atoms with Gasteiger partial charge in [0.25, 0.3) is 5.88 Å². The lowest BCUT2D eigenvalue weighted by molar-refractivity contribution is 0.112. The Morgan fingerprint density at radius 1 is 1.22 bits per heavy atom. The number of hydrogen-bond acceptors (Lipinski definition) is 6. The molecule has 2 aromatic heterocycles. The molecule has 0 amide bonds. The van der Waals surface area contributed by atoms with Gasteiger partial charge >= 0.3 is 0 Å². The smallest absolute Gasteiger partial charge is 0.260 e. The molecule has 2 heterocycles. The molecule has 0 radical (unpaired) electrons. The minimum absolute atomic E-state index is 0.0413. The van der Waals surface area contributed by atoms with E-state index in [0.29, 0.717) is 29.3 Å². The summed E-state index contributed by atoms with van der Waals surface area (Å²) in [4.78, 5) is 15.7. The number of carbonyl (C=O) groups is 1. The van der Waals surface area contributed by atoms with Crippen LogP contribution in [0.4, 0.5) is 5.82 Å². The minimum Gasteiger partial charge on any atom is -0.472 e. The van der Waals surface area contributed by atoms with Crippen LogP contribution < -0.4 is 10.5 Å². The van der Waals surface area contributed by atoms with Crippen molar-refractivity contribution in [1.29, 1.82) is 0 Å². The number of rotatable bonds is 8. The van der Waals surface area contributed by atoms with Crippen molar-refractivity contribution in [2.75, 3.05) is 5.73 Å². The number of fused-ring (bicyclic) bond motifs is 1. The number of carbonyl (C=O) groups excluding carboxylic acids is 1. The fraction of sp³-hybridized carbons (Fsp3) is 0.400. The van der Waals surface area contributed by atoms with Gasteiger partial charge in [-0.25, -0.2) is 4.98 Å². The first-order chi connectivity index (χ1) is 13.0. The predicted octanol–water partition coefficient (Wildman–Crippen LogP) is 3.40. The average Bonchev–Trinajstić information content (AvgIpc) is 3.02. The zero-order valence-corrected chi connectivity index (χ0v) is 16.0. The maximum Gasteiger partial charge on any atom is 0.260 e. The molecule has 0 saturated heterocycles. The number of nitrogens with two attached hydrogens (primary N) is 1. The fourth-order valence-corrected chi connectivity index (χ4v) is 2.97. The summed E-state index contributed by atoms with van der Waals surface area (Å²) < 4.78 is 7.98. The van der Waals surface area contributed by atoms with E-state index in [1.807, 2.05) is 38.1 Å². The van der Waals surface area contributed by atoms with Crippen LogP contribution in [0.25, 0.3) is 11.0 Å². The van der Waals surface area contributed by atoms with E-state index >= 15 is 0 Å². The summed E-state index contributed by atoms with van der Waals surface area (Å²) in [5, 5.41) is 8.18. The van der Waals surface area contributed by atoms with Crippen molar-refractivity contribution in [3.63, 3.8) is 0 Å². The summed E-state index contributed by atoms with van der Waals surface area (Å²) in [6.07, 6.45) is 3.72. The van der Waals surface area contributed by atoms with Crippen molar-refractivity contribution >= 4 is 23.1 Å². The zero-order chi connectivity index (χ0) is 19.4. The molecule has 0 bridgehead atoms. The summed E-state index contributed by atoms with van der Waals surface area (Å²) >= 11 is 0. The van der Waals surface area contributed by atoms with Crippen molar-refractivity contribution in [1.82, 2.24) is 19.7 Å². The van der Waals surface area contributed by atoms with Crippen molar-refractivity contribution < 1.29 is 9.53 Å². The van der Waals surface area contributed by atoms with Crippen LogP contribution in [-0.4, -0.2) is 32.1 Å². The third-order valence-corrected chi connectivity index (χ3v) is 4.30. The number of nitrogen functional groups attached to an aromatic ring is 1. The van der Waals surface area contributed by atoms with Gasteiger partial charge in [0.05, 0.1) is 6.10 Å². The fourth-order valence-electron chi connectivity index (χ4n) is 2.97. The topological polar surface area (TPSA) is 95.9 Å². The van der Waals surface area contributed by atoms with E-state index in [1.165, 1.54) is 0 Å². The van der Waals surface area contributed by atoms with E-state index in [-0.39, 0.29) is 6.10 Å². The Morgan fingerprint density at radius 3 is 2.59 bits per heavy atom. The van der Waals surface area contributed by atoms with Gasteiger partial charge in [0.1, 0.15) is 23.1 Å². The molecular weight excluding hydrogens is 342 g/mol. The number of aldehydes is 1. The van der Waals surface area contributed by atoms with Crippen molar-refractivity contribution in [3.8, 4) is 5.88 Å². The maximum atomic E-state index is 10.9. The highest BCUT2D eigenvalue weighted by Gasteiger charge is 2.20. The lowest BCUT2D eigenvalue weighted by atomic mass is 10.1. The third-order valence-electron chi connectivity index (χ3n) is 4.30.